The highest BCUT2D eigenvalue weighted by Crippen LogP contribution is 2.43. The topological polar surface area (TPSA) is 86.9 Å². The van der Waals surface area contributed by atoms with E-state index in [1.165, 1.54) is 11.7 Å². The predicted octanol–water partition coefficient (Wildman–Crippen LogP) is 1.11. The fourth-order valence-electron chi connectivity index (χ4n) is 3.91. The molecule has 0 amide bonds. The van der Waals surface area contributed by atoms with Crippen LogP contribution in [0.25, 0.3) is 15.7 Å². The van der Waals surface area contributed by atoms with E-state index in [9.17, 15) is 9.59 Å². The second-order valence-electron chi connectivity index (χ2n) is 7.14. The summed E-state index contributed by atoms with van der Waals surface area (Å²) in [4.78, 5) is 30.4. The zero-order valence-corrected chi connectivity index (χ0v) is 14.9. The Labute approximate surface area is 154 Å². The first-order valence-electron chi connectivity index (χ1n) is 8.88. The van der Waals surface area contributed by atoms with Crippen LogP contribution in [0.3, 0.4) is 0 Å². The van der Waals surface area contributed by atoms with Crippen molar-refractivity contribution < 1.29 is 9.13 Å². The molecule has 1 aliphatic heterocycles. The van der Waals surface area contributed by atoms with Crippen LogP contribution in [0, 0.1) is 18.3 Å². The highest BCUT2D eigenvalue weighted by atomic mass is 19.1. The molecule has 2 heterocycles. The van der Waals surface area contributed by atoms with E-state index in [2.05, 4.69) is 4.85 Å². The number of halogens is 1. The van der Waals surface area contributed by atoms with Gasteiger partial charge in [-0.05, 0) is 25.3 Å². The number of fused-ring (bicyclic) bond motifs is 1. The lowest BCUT2D eigenvalue weighted by Crippen LogP contribution is -2.44. The van der Waals surface area contributed by atoms with Gasteiger partial charge >= 0.3 is 5.69 Å². The lowest BCUT2D eigenvalue weighted by molar-refractivity contribution is 0.412. The second kappa shape index (κ2) is 6.30. The van der Waals surface area contributed by atoms with Gasteiger partial charge in [-0.1, -0.05) is 0 Å². The summed E-state index contributed by atoms with van der Waals surface area (Å²) in [6.07, 6.45) is 2.36. The Morgan fingerprint density at radius 3 is 2.74 bits per heavy atom. The fraction of sp³-hybridized carbons (Fsp3) is 0.500. The average molecular weight is 373 g/mol. The van der Waals surface area contributed by atoms with Crippen LogP contribution in [0.1, 0.15) is 25.3 Å². The molecule has 0 spiro atoms. The van der Waals surface area contributed by atoms with Crippen molar-refractivity contribution in [1.29, 1.82) is 0 Å². The van der Waals surface area contributed by atoms with Gasteiger partial charge in [0.05, 0.1) is 18.4 Å². The molecule has 1 aromatic carbocycles. The molecule has 27 heavy (non-hydrogen) atoms. The zero-order chi connectivity index (χ0) is 19.3. The standard InChI is InChI=1S/C18H20FN5O3/c1-21-8-10-5-6-22(9-10)15-13(19)7-12-14(16(15)27-2)23(11-3-4-11)18(26)24(20)17(12)25/h7,10-11H,3-6,8-9,20H2,2H3. The molecule has 1 saturated heterocycles. The summed E-state index contributed by atoms with van der Waals surface area (Å²) >= 11 is 0. The maximum Gasteiger partial charge on any atom is 0.350 e. The van der Waals surface area contributed by atoms with E-state index in [4.69, 9.17) is 17.2 Å². The third kappa shape index (κ3) is 2.63. The number of aromatic nitrogens is 2. The molecular weight excluding hydrogens is 353 g/mol. The summed E-state index contributed by atoms with van der Waals surface area (Å²) in [5.41, 5.74) is -0.844. The largest absolute Gasteiger partial charge is 0.492 e. The number of anilines is 1. The SMILES string of the molecule is [C-]#[N+]CC1CCN(c2c(F)cc3c(=O)n(N)c(=O)n(C4CC4)c3c2OC)C1. The van der Waals surface area contributed by atoms with E-state index in [1.54, 1.807) is 0 Å². The fourth-order valence-corrected chi connectivity index (χ4v) is 3.91. The van der Waals surface area contributed by atoms with E-state index in [-0.39, 0.29) is 28.8 Å². The monoisotopic (exact) mass is 373 g/mol. The predicted molar refractivity (Wildman–Crippen MR) is 99.2 cm³/mol. The van der Waals surface area contributed by atoms with Gasteiger partial charge in [0.25, 0.3) is 5.56 Å². The second-order valence-corrected chi connectivity index (χ2v) is 7.14. The molecule has 1 aromatic heterocycles. The van der Waals surface area contributed by atoms with Gasteiger partial charge in [-0.3, -0.25) is 9.36 Å². The summed E-state index contributed by atoms with van der Waals surface area (Å²) in [5, 5.41) is 0.0269. The van der Waals surface area contributed by atoms with Gasteiger partial charge in [0.15, 0.2) is 11.6 Å². The van der Waals surface area contributed by atoms with E-state index >= 15 is 4.39 Å². The molecule has 0 radical (unpaired) electrons. The zero-order valence-electron chi connectivity index (χ0n) is 14.9. The van der Waals surface area contributed by atoms with Gasteiger partial charge in [0.2, 0.25) is 6.54 Å². The average Bonchev–Trinajstić information content (AvgIpc) is 3.38. The van der Waals surface area contributed by atoms with Crippen LogP contribution in [0.4, 0.5) is 10.1 Å². The van der Waals surface area contributed by atoms with Crippen LogP contribution >= 0.6 is 0 Å². The first-order chi connectivity index (χ1) is 13.0. The van der Waals surface area contributed by atoms with Crippen molar-refractivity contribution in [2.45, 2.75) is 25.3 Å². The number of nitrogens with two attached hydrogens (primary N) is 1. The number of rotatable bonds is 4. The van der Waals surface area contributed by atoms with Crippen molar-refractivity contribution in [2.24, 2.45) is 5.92 Å². The molecule has 2 N–H and O–H groups in total. The van der Waals surface area contributed by atoms with Gasteiger partial charge in [0.1, 0.15) is 11.2 Å². The number of hydrogen-bond donors (Lipinski definition) is 1. The molecule has 1 atom stereocenters. The quantitative estimate of drug-likeness (QED) is 0.641. The van der Waals surface area contributed by atoms with Crippen LogP contribution < -0.4 is 26.7 Å². The highest BCUT2D eigenvalue weighted by Gasteiger charge is 2.34. The molecule has 1 saturated carbocycles. The first-order valence-corrected chi connectivity index (χ1v) is 8.88. The van der Waals surface area contributed by atoms with Crippen molar-refractivity contribution in [3.05, 3.63) is 44.1 Å². The number of ether oxygens (including phenoxy) is 1. The van der Waals surface area contributed by atoms with Gasteiger partial charge in [-0.2, -0.15) is 4.68 Å². The Bertz CT molecular complexity index is 1080. The maximum atomic E-state index is 15.0. The van der Waals surface area contributed by atoms with Crippen LogP contribution in [0.2, 0.25) is 0 Å². The normalized spacial score (nSPS) is 19.4. The minimum Gasteiger partial charge on any atom is -0.492 e. The summed E-state index contributed by atoms with van der Waals surface area (Å²) in [7, 11) is 1.40. The third-order valence-corrected chi connectivity index (χ3v) is 5.35. The molecule has 0 bridgehead atoms. The number of nitrogen functional groups attached to an aromatic ring is 1. The van der Waals surface area contributed by atoms with Crippen LogP contribution in [-0.4, -0.2) is 36.0 Å². The van der Waals surface area contributed by atoms with Crippen LogP contribution in [-0.2, 0) is 0 Å². The molecule has 8 nitrogen and oxygen atoms in total. The third-order valence-electron chi connectivity index (χ3n) is 5.35. The Kier molecular flexibility index (Phi) is 4.06. The Morgan fingerprint density at radius 1 is 1.37 bits per heavy atom. The Morgan fingerprint density at radius 2 is 2.11 bits per heavy atom. The molecule has 142 valence electrons. The van der Waals surface area contributed by atoms with E-state index in [0.29, 0.717) is 29.8 Å². The minimum atomic E-state index is -0.747. The lowest BCUT2D eigenvalue weighted by Gasteiger charge is -2.24. The molecule has 2 fully saturated rings. The first kappa shape index (κ1) is 17.4. The summed E-state index contributed by atoms with van der Waals surface area (Å²) in [6.45, 7) is 8.54. The lowest BCUT2D eigenvalue weighted by atomic mass is 10.1. The van der Waals surface area contributed by atoms with Crippen LogP contribution in [0.15, 0.2) is 15.7 Å². The number of hydrogen-bond acceptors (Lipinski definition) is 5. The van der Waals surface area contributed by atoms with E-state index in [0.717, 1.165) is 25.3 Å². The molecule has 9 heteroatoms. The van der Waals surface area contributed by atoms with Crippen LogP contribution in [0.5, 0.6) is 5.75 Å². The van der Waals surface area contributed by atoms with Crippen molar-refractivity contribution in [3.8, 4) is 5.75 Å². The minimum absolute atomic E-state index is 0.0269. The van der Waals surface area contributed by atoms with E-state index < -0.39 is 17.1 Å². The van der Waals surface area contributed by atoms with Crippen molar-refractivity contribution in [1.82, 2.24) is 9.24 Å². The van der Waals surface area contributed by atoms with Crippen molar-refractivity contribution >= 4 is 16.6 Å². The summed E-state index contributed by atoms with van der Waals surface area (Å²) in [6, 6.07) is 1.07. The van der Waals surface area contributed by atoms with Gasteiger partial charge < -0.3 is 20.3 Å². The van der Waals surface area contributed by atoms with Crippen molar-refractivity contribution in [2.75, 3.05) is 37.5 Å². The van der Waals surface area contributed by atoms with Gasteiger partial charge in [0, 0.05) is 19.1 Å². The molecule has 2 aromatic rings. The maximum absolute atomic E-state index is 15.0. The summed E-state index contributed by atoms with van der Waals surface area (Å²) in [5.74, 6) is 5.37. The summed E-state index contributed by atoms with van der Waals surface area (Å²) < 4.78 is 22.5. The van der Waals surface area contributed by atoms with Gasteiger partial charge in [-0.25, -0.2) is 15.8 Å². The Hall–Kier alpha value is -3.02. The number of methoxy groups -OCH3 is 1. The van der Waals surface area contributed by atoms with Gasteiger partial charge in [-0.15, -0.1) is 0 Å². The number of benzene rings is 1. The van der Waals surface area contributed by atoms with E-state index in [1.807, 2.05) is 4.90 Å². The molecule has 4 rings (SSSR count). The highest BCUT2D eigenvalue weighted by molar-refractivity contribution is 5.91. The Balaban J connectivity index is 1.99. The van der Waals surface area contributed by atoms with Crippen molar-refractivity contribution in [3.63, 3.8) is 0 Å². The molecule has 1 unspecified atom stereocenters. The smallest absolute Gasteiger partial charge is 0.350 e. The molecule has 1 aliphatic carbocycles. The molecule has 2 aliphatic rings. The number of nitrogens with zero attached hydrogens (tertiary/aromatic N) is 4. The molecular formula is C18H20FN5O3.